The fourth-order valence-electron chi connectivity index (χ4n) is 1.94. The summed E-state index contributed by atoms with van der Waals surface area (Å²) < 4.78 is 0. The number of nitrogens with zero attached hydrogens (tertiary/aromatic N) is 3. The molecule has 1 aliphatic rings. The summed E-state index contributed by atoms with van der Waals surface area (Å²) in [7, 11) is 0. The lowest BCUT2D eigenvalue weighted by Crippen LogP contribution is -2.43. The Morgan fingerprint density at radius 1 is 1.50 bits per heavy atom. The van der Waals surface area contributed by atoms with Crippen LogP contribution in [0.15, 0.2) is 6.07 Å². The molecule has 0 amide bonds. The Bertz CT molecular complexity index is 365. The Balaban J connectivity index is 2.18. The normalized spacial score (nSPS) is 25.9. The van der Waals surface area contributed by atoms with E-state index >= 15 is 0 Å². The van der Waals surface area contributed by atoms with Crippen LogP contribution in [0.3, 0.4) is 0 Å². The third-order valence-corrected chi connectivity index (χ3v) is 3.23. The number of piperidine rings is 1. The molecular formula is C11H16ClN3O. The van der Waals surface area contributed by atoms with Crippen LogP contribution in [-0.2, 0) is 0 Å². The van der Waals surface area contributed by atoms with E-state index in [1.807, 2.05) is 6.92 Å². The Morgan fingerprint density at radius 2 is 2.25 bits per heavy atom. The van der Waals surface area contributed by atoms with Gasteiger partial charge in [0.15, 0.2) is 0 Å². The number of anilines is 1. The van der Waals surface area contributed by atoms with Gasteiger partial charge in [0, 0.05) is 19.2 Å². The van der Waals surface area contributed by atoms with Crippen molar-refractivity contribution in [3.63, 3.8) is 0 Å². The van der Waals surface area contributed by atoms with E-state index in [-0.39, 0.29) is 6.10 Å². The molecule has 1 saturated heterocycles. The minimum absolute atomic E-state index is 0.289. The van der Waals surface area contributed by atoms with Crippen molar-refractivity contribution in [2.45, 2.75) is 26.4 Å². The number of hydrogen-bond acceptors (Lipinski definition) is 4. The zero-order valence-electron chi connectivity index (χ0n) is 9.52. The molecule has 2 unspecified atom stereocenters. The molecule has 5 heteroatoms. The number of aryl methyl sites for hydroxylation is 1. The van der Waals surface area contributed by atoms with Crippen molar-refractivity contribution in [1.82, 2.24) is 9.97 Å². The molecule has 4 nitrogen and oxygen atoms in total. The van der Waals surface area contributed by atoms with Crippen LogP contribution in [0.25, 0.3) is 0 Å². The summed E-state index contributed by atoms with van der Waals surface area (Å²) in [6.45, 7) is 5.41. The van der Waals surface area contributed by atoms with Gasteiger partial charge in [-0.15, -0.1) is 0 Å². The van der Waals surface area contributed by atoms with Crippen LogP contribution in [0.1, 0.15) is 19.2 Å². The topological polar surface area (TPSA) is 49.2 Å². The second-order valence-electron chi connectivity index (χ2n) is 4.38. The summed E-state index contributed by atoms with van der Waals surface area (Å²) in [5, 5.41) is 10.3. The van der Waals surface area contributed by atoms with Gasteiger partial charge in [0.1, 0.15) is 16.8 Å². The predicted molar refractivity (Wildman–Crippen MR) is 63.8 cm³/mol. The number of aromatic nitrogens is 2. The molecule has 88 valence electrons. The van der Waals surface area contributed by atoms with E-state index in [0.29, 0.717) is 23.4 Å². The fourth-order valence-corrected chi connectivity index (χ4v) is 2.16. The van der Waals surface area contributed by atoms with E-state index < -0.39 is 0 Å². The molecule has 16 heavy (non-hydrogen) atoms. The van der Waals surface area contributed by atoms with Crippen LogP contribution in [0.4, 0.5) is 5.82 Å². The quantitative estimate of drug-likeness (QED) is 0.760. The third-order valence-electron chi connectivity index (χ3n) is 3.04. The highest BCUT2D eigenvalue weighted by atomic mass is 35.5. The van der Waals surface area contributed by atoms with Crippen LogP contribution >= 0.6 is 11.6 Å². The highest BCUT2D eigenvalue weighted by Crippen LogP contribution is 2.23. The van der Waals surface area contributed by atoms with Crippen molar-refractivity contribution in [3.8, 4) is 0 Å². The number of aliphatic hydroxyl groups is 1. The van der Waals surface area contributed by atoms with Gasteiger partial charge in [-0.2, -0.15) is 0 Å². The fraction of sp³-hybridized carbons (Fsp3) is 0.636. The molecule has 1 aliphatic heterocycles. The minimum Gasteiger partial charge on any atom is -0.391 e. The van der Waals surface area contributed by atoms with Gasteiger partial charge >= 0.3 is 0 Å². The summed E-state index contributed by atoms with van der Waals surface area (Å²) >= 11 is 5.89. The zero-order chi connectivity index (χ0) is 11.7. The molecule has 0 spiro atoms. The molecule has 2 rings (SSSR count). The molecule has 0 saturated carbocycles. The first-order valence-electron chi connectivity index (χ1n) is 5.50. The zero-order valence-corrected chi connectivity index (χ0v) is 10.3. The average molecular weight is 242 g/mol. The van der Waals surface area contributed by atoms with Gasteiger partial charge in [0.25, 0.3) is 0 Å². The largest absolute Gasteiger partial charge is 0.391 e. The maximum absolute atomic E-state index is 9.83. The maximum Gasteiger partial charge on any atom is 0.134 e. The van der Waals surface area contributed by atoms with Gasteiger partial charge in [-0.05, 0) is 19.3 Å². The summed E-state index contributed by atoms with van der Waals surface area (Å²) in [4.78, 5) is 10.4. The molecular weight excluding hydrogens is 226 g/mol. The second-order valence-corrected chi connectivity index (χ2v) is 4.76. The number of hydrogen-bond donors (Lipinski definition) is 1. The Morgan fingerprint density at radius 3 is 2.88 bits per heavy atom. The van der Waals surface area contributed by atoms with E-state index in [2.05, 4.69) is 21.8 Å². The molecule has 1 aromatic rings. The van der Waals surface area contributed by atoms with Crippen LogP contribution in [0.2, 0.25) is 5.15 Å². The van der Waals surface area contributed by atoms with Crippen LogP contribution in [0, 0.1) is 12.8 Å². The summed E-state index contributed by atoms with van der Waals surface area (Å²) in [5.74, 6) is 1.83. The molecule has 2 heterocycles. The monoisotopic (exact) mass is 241 g/mol. The average Bonchev–Trinajstić information content (AvgIpc) is 2.20. The van der Waals surface area contributed by atoms with Crippen LogP contribution in [0.5, 0.6) is 0 Å². The molecule has 0 radical (unpaired) electrons. The lowest BCUT2D eigenvalue weighted by atomic mass is 9.96. The lowest BCUT2D eigenvalue weighted by Gasteiger charge is -2.35. The van der Waals surface area contributed by atoms with Crippen LogP contribution in [-0.4, -0.2) is 34.3 Å². The summed E-state index contributed by atoms with van der Waals surface area (Å²) in [6.07, 6.45) is 0.685. The van der Waals surface area contributed by atoms with Crippen molar-refractivity contribution in [2.24, 2.45) is 5.92 Å². The Labute approximate surface area is 100 Å². The van der Waals surface area contributed by atoms with Crippen molar-refractivity contribution >= 4 is 17.4 Å². The predicted octanol–water partition coefficient (Wildman–Crippen LogP) is 1.65. The van der Waals surface area contributed by atoms with E-state index in [4.69, 9.17) is 11.6 Å². The third kappa shape index (κ3) is 2.44. The molecule has 1 fully saturated rings. The Kier molecular flexibility index (Phi) is 3.30. The lowest BCUT2D eigenvalue weighted by molar-refractivity contribution is 0.102. The van der Waals surface area contributed by atoms with Crippen molar-refractivity contribution in [2.75, 3.05) is 18.0 Å². The van der Waals surface area contributed by atoms with Gasteiger partial charge < -0.3 is 10.0 Å². The van der Waals surface area contributed by atoms with Gasteiger partial charge in [0.05, 0.1) is 6.10 Å². The molecule has 1 aromatic heterocycles. The van der Waals surface area contributed by atoms with Gasteiger partial charge in [-0.3, -0.25) is 0 Å². The number of rotatable bonds is 1. The SMILES string of the molecule is Cc1nc(Cl)cc(N2CCC(C)C(O)C2)n1. The van der Waals surface area contributed by atoms with E-state index in [1.54, 1.807) is 6.07 Å². The standard InChI is InChI=1S/C11H16ClN3O/c1-7-3-4-15(6-9(7)16)11-5-10(12)13-8(2)14-11/h5,7,9,16H,3-4,6H2,1-2H3. The van der Waals surface area contributed by atoms with E-state index in [9.17, 15) is 5.11 Å². The van der Waals surface area contributed by atoms with Gasteiger partial charge in [-0.25, -0.2) is 9.97 Å². The molecule has 0 aromatic carbocycles. The van der Waals surface area contributed by atoms with Crippen molar-refractivity contribution < 1.29 is 5.11 Å². The molecule has 1 N–H and O–H groups in total. The highest BCUT2D eigenvalue weighted by Gasteiger charge is 2.25. The Hall–Kier alpha value is -0.870. The smallest absolute Gasteiger partial charge is 0.134 e. The highest BCUT2D eigenvalue weighted by molar-refractivity contribution is 6.29. The number of aliphatic hydroxyl groups excluding tert-OH is 1. The number of halogens is 1. The minimum atomic E-state index is -0.289. The van der Waals surface area contributed by atoms with Gasteiger partial charge in [-0.1, -0.05) is 18.5 Å². The van der Waals surface area contributed by atoms with Crippen molar-refractivity contribution in [3.05, 3.63) is 17.0 Å². The first-order chi connectivity index (χ1) is 7.56. The first-order valence-corrected chi connectivity index (χ1v) is 5.88. The maximum atomic E-state index is 9.83. The van der Waals surface area contributed by atoms with E-state index in [0.717, 1.165) is 18.8 Å². The molecule has 2 atom stereocenters. The van der Waals surface area contributed by atoms with Crippen molar-refractivity contribution in [1.29, 1.82) is 0 Å². The molecule has 0 aliphatic carbocycles. The first kappa shape index (κ1) is 11.6. The van der Waals surface area contributed by atoms with Crippen LogP contribution < -0.4 is 4.90 Å². The summed E-state index contributed by atoms with van der Waals surface area (Å²) in [5.41, 5.74) is 0. The van der Waals surface area contributed by atoms with E-state index in [1.165, 1.54) is 0 Å². The number of β-amino-alcohol motifs (C(OH)–C–C–N with tert-alkyl or cyclic N) is 1. The van der Waals surface area contributed by atoms with Gasteiger partial charge in [0.2, 0.25) is 0 Å². The molecule has 0 bridgehead atoms. The summed E-state index contributed by atoms with van der Waals surface area (Å²) in [6, 6.07) is 1.75. The second kappa shape index (κ2) is 4.55.